The summed E-state index contributed by atoms with van der Waals surface area (Å²) in [4.78, 5) is 24.9. The van der Waals surface area contributed by atoms with E-state index in [1.165, 1.54) is 68.9 Å². The third kappa shape index (κ3) is 9.64. The number of hydrogen-bond donors (Lipinski definition) is 2. The molecule has 1 heterocycles. The number of rotatable bonds is 16. The highest BCUT2D eigenvalue weighted by molar-refractivity contribution is 7.91. The Morgan fingerprint density at radius 2 is 1.49 bits per heavy atom. The zero-order valence-corrected chi connectivity index (χ0v) is 22.4. The second-order valence-electron chi connectivity index (χ2n) is 8.59. The molecule has 0 fully saturated rings. The molecule has 3 N–H and O–H groups in total. The van der Waals surface area contributed by atoms with Gasteiger partial charge in [0.2, 0.25) is 0 Å². The quantitative estimate of drug-likeness (QED) is 0.193. The summed E-state index contributed by atoms with van der Waals surface area (Å²) in [6.45, 7) is 4.17. The van der Waals surface area contributed by atoms with Gasteiger partial charge < -0.3 is 15.8 Å². The van der Waals surface area contributed by atoms with Gasteiger partial charge in [-0.1, -0.05) is 64.7 Å². The first-order valence-corrected chi connectivity index (χ1v) is 15.0. The van der Waals surface area contributed by atoms with Crippen LogP contribution in [0.2, 0.25) is 0 Å². The van der Waals surface area contributed by atoms with Gasteiger partial charge in [-0.15, -0.1) is 11.3 Å². The summed E-state index contributed by atoms with van der Waals surface area (Å²) in [5.41, 5.74) is 6.47. The lowest BCUT2D eigenvalue weighted by molar-refractivity contribution is 0.0532. The first kappa shape index (κ1) is 28.8. The summed E-state index contributed by atoms with van der Waals surface area (Å²) in [5, 5.41) is 3.02. The molecule has 0 saturated carbocycles. The van der Waals surface area contributed by atoms with Crippen molar-refractivity contribution in [3.63, 3.8) is 0 Å². The number of thiophene rings is 1. The summed E-state index contributed by atoms with van der Waals surface area (Å²) in [6.07, 6.45) is 11.4. The first-order chi connectivity index (χ1) is 16.8. The standard InChI is InChI=1S/C26H38N2O5S2/c1-3-5-6-7-8-9-10-11-12-13-18-35(31,32)21-16-14-20(15-17-21)24(29)28-25-22(27)19-23(34-25)26(30)33-4-2/h14-17,19H,3-13,18,27H2,1-2H3,(H,28,29). The Hall–Kier alpha value is -2.39. The highest BCUT2D eigenvalue weighted by Gasteiger charge is 2.18. The van der Waals surface area contributed by atoms with E-state index >= 15 is 0 Å². The molecule has 194 valence electrons. The minimum absolute atomic E-state index is 0.109. The van der Waals surface area contributed by atoms with Gasteiger partial charge in [-0.3, -0.25) is 4.79 Å². The van der Waals surface area contributed by atoms with Crippen LogP contribution in [0.15, 0.2) is 35.2 Å². The third-order valence-corrected chi connectivity index (χ3v) is 8.57. The Labute approximate surface area is 213 Å². The number of anilines is 2. The number of sulfone groups is 1. The maximum atomic E-state index is 12.6. The van der Waals surface area contributed by atoms with Gasteiger partial charge in [0, 0.05) is 5.56 Å². The number of hydrogen-bond acceptors (Lipinski definition) is 7. The van der Waals surface area contributed by atoms with Crippen molar-refractivity contribution in [3.05, 3.63) is 40.8 Å². The molecule has 7 nitrogen and oxygen atoms in total. The third-order valence-electron chi connectivity index (χ3n) is 5.71. The van der Waals surface area contributed by atoms with Crippen LogP contribution in [-0.2, 0) is 14.6 Å². The van der Waals surface area contributed by atoms with Crippen molar-refractivity contribution in [2.45, 2.75) is 83.0 Å². The number of unbranched alkanes of at least 4 members (excludes halogenated alkanes) is 9. The Morgan fingerprint density at radius 3 is 2.06 bits per heavy atom. The summed E-state index contributed by atoms with van der Waals surface area (Å²) >= 11 is 1.03. The molecule has 0 aliphatic carbocycles. The van der Waals surface area contributed by atoms with Gasteiger partial charge in [0.25, 0.3) is 5.91 Å². The van der Waals surface area contributed by atoms with Crippen LogP contribution < -0.4 is 11.1 Å². The molecular weight excluding hydrogens is 484 g/mol. The largest absolute Gasteiger partial charge is 0.462 e. The monoisotopic (exact) mass is 522 g/mol. The lowest BCUT2D eigenvalue weighted by Crippen LogP contribution is -2.12. The molecule has 0 aliphatic rings. The SMILES string of the molecule is CCCCCCCCCCCCS(=O)(=O)c1ccc(C(=O)Nc2sc(C(=O)OCC)cc2N)cc1. The topological polar surface area (TPSA) is 116 Å². The number of benzene rings is 1. The smallest absolute Gasteiger partial charge is 0.348 e. The average Bonchev–Trinajstić information content (AvgIpc) is 3.20. The molecule has 1 aromatic heterocycles. The predicted octanol–water partition coefficient (Wildman–Crippen LogP) is 6.45. The van der Waals surface area contributed by atoms with E-state index < -0.39 is 21.7 Å². The van der Waals surface area contributed by atoms with Gasteiger partial charge in [-0.2, -0.15) is 0 Å². The number of ether oxygens (including phenoxy) is 1. The average molecular weight is 523 g/mol. The van der Waals surface area contributed by atoms with Crippen LogP contribution in [0.5, 0.6) is 0 Å². The van der Waals surface area contributed by atoms with Gasteiger partial charge in [0.05, 0.1) is 22.9 Å². The van der Waals surface area contributed by atoms with Crippen LogP contribution in [0.25, 0.3) is 0 Å². The van der Waals surface area contributed by atoms with Crippen LogP contribution in [0.4, 0.5) is 10.7 Å². The van der Waals surface area contributed by atoms with Gasteiger partial charge in [0.1, 0.15) is 9.88 Å². The van der Waals surface area contributed by atoms with Crippen LogP contribution in [0.3, 0.4) is 0 Å². The molecule has 0 spiro atoms. The Kier molecular flexibility index (Phi) is 12.3. The summed E-state index contributed by atoms with van der Waals surface area (Å²) in [6, 6.07) is 7.35. The number of amides is 1. The molecule has 9 heteroatoms. The first-order valence-electron chi connectivity index (χ1n) is 12.5. The molecule has 35 heavy (non-hydrogen) atoms. The van der Waals surface area contributed by atoms with E-state index in [2.05, 4.69) is 12.2 Å². The van der Waals surface area contributed by atoms with Crippen LogP contribution in [0, 0.1) is 0 Å². The maximum absolute atomic E-state index is 12.6. The second kappa shape index (κ2) is 14.9. The number of carbonyl (C=O) groups is 2. The molecule has 2 rings (SSSR count). The van der Waals surface area contributed by atoms with Gasteiger partial charge in [0.15, 0.2) is 9.84 Å². The molecule has 0 unspecified atom stereocenters. The van der Waals surface area contributed by atoms with Crippen molar-refractivity contribution < 1.29 is 22.7 Å². The number of nitrogen functional groups attached to an aromatic ring is 1. The van der Waals surface area contributed by atoms with E-state index in [1.54, 1.807) is 6.92 Å². The molecule has 1 amide bonds. The van der Waals surface area contributed by atoms with Crippen molar-refractivity contribution in [2.75, 3.05) is 23.4 Å². The Bertz CT molecular complexity index is 1050. The van der Waals surface area contributed by atoms with Crippen molar-refractivity contribution in [1.29, 1.82) is 0 Å². The predicted molar refractivity (Wildman–Crippen MR) is 143 cm³/mol. The fourth-order valence-electron chi connectivity index (χ4n) is 3.69. The van der Waals surface area contributed by atoms with E-state index in [1.807, 2.05) is 0 Å². The normalized spacial score (nSPS) is 11.4. The summed E-state index contributed by atoms with van der Waals surface area (Å²) in [5.74, 6) is -0.827. The molecule has 1 aromatic carbocycles. The van der Waals surface area contributed by atoms with Crippen molar-refractivity contribution in [3.8, 4) is 0 Å². The minimum Gasteiger partial charge on any atom is -0.462 e. The number of nitrogens with one attached hydrogen (secondary N) is 1. The van der Waals surface area contributed by atoms with E-state index in [4.69, 9.17) is 10.5 Å². The number of carbonyl (C=O) groups excluding carboxylic acids is 2. The van der Waals surface area contributed by atoms with E-state index in [0.29, 0.717) is 21.9 Å². The van der Waals surface area contributed by atoms with E-state index in [-0.39, 0.29) is 22.9 Å². The summed E-state index contributed by atoms with van der Waals surface area (Å²) in [7, 11) is -3.39. The van der Waals surface area contributed by atoms with Crippen LogP contribution in [0.1, 0.15) is 98.1 Å². The van der Waals surface area contributed by atoms with Gasteiger partial charge in [-0.05, 0) is 43.7 Å². The zero-order valence-electron chi connectivity index (χ0n) is 20.8. The fraction of sp³-hybridized carbons (Fsp3) is 0.538. The van der Waals surface area contributed by atoms with Crippen molar-refractivity contribution >= 4 is 43.7 Å². The molecule has 2 aromatic rings. The Morgan fingerprint density at radius 1 is 0.914 bits per heavy atom. The zero-order chi connectivity index (χ0) is 25.7. The van der Waals surface area contributed by atoms with Crippen molar-refractivity contribution in [1.82, 2.24) is 0 Å². The lowest BCUT2D eigenvalue weighted by Gasteiger charge is -2.07. The number of esters is 1. The Balaban J connectivity index is 1.80. The van der Waals surface area contributed by atoms with Gasteiger partial charge >= 0.3 is 5.97 Å². The van der Waals surface area contributed by atoms with Crippen LogP contribution in [-0.4, -0.2) is 32.7 Å². The summed E-state index contributed by atoms with van der Waals surface area (Å²) < 4.78 is 30.2. The van der Waals surface area contributed by atoms with Crippen molar-refractivity contribution in [2.24, 2.45) is 0 Å². The van der Waals surface area contributed by atoms with E-state index in [9.17, 15) is 18.0 Å². The fourth-order valence-corrected chi connectivity index (χ4v) is 5.93. The molecule has 0 bridgehead atoms. The second-order valence-corrected chi connectivity index (χ2v) is 11.8. The lowest BCUT2D eigenvalue weighted by atomic mass is 10.1. The molecule has 0 aliphatic heterocycles. The minimum atomic E-state index is -3.39. The molecule has 0 saturated heterocycles. The van der Waals surface area contributed by atoms with E-state index in [0.717, 1.165) is 30.6 Å². The molecular formula is C26H38N2O5S2. The highest BCUT2D eigenvalue weighted by Crippen LogP contribution is 2.31. The highest BCUT2D eigenvalue weighted by atomic mass is 32.2. The number of nitrogens with two attached hydrogens (primary N) is 1. The molecule has 0 radical (unpaired) electrons. The van der Waals surface area contributed by atoms with Crippen LogP contribution >= 0.6 is 11.3 Å². The molecule has 0 atom stereocenters. The maximum Gasteiger partial charge on any atom is 0.348 e. The van der Waals surface area contributed by atoms with Gasteiger partial charge in [-0.25, -0.2) is 13.2 Å².